The summed E-state index contributed by atoms with van der Waals surface area (Å²) in [7, 11) is 1.68. The van der Waals surface area contributed by atoms with Gasteiger partial charge in [-0.15, -0.1) is 0 Å². The first-order valence-corrected chi connectivity index (χ1v) is 10.5. The van der Waals surface area contributed by atoms with E-state index in [0.717, 1.165) is 36.5 Å². The van der Waals surface area contributed by atoms with E-state index >= 15 is 0 Å². The van der Waals surface area contributed by atoms with Crippen LogP contribution in [0.2, 0.25) is 0 Å². The van der Waals surface area contributed by atoms with Gasteiger partial charge in [0.1, 0.15) is 0 Å². The van der Waals surface area contributed by atoms with Gasteiger partial charge < -0.3 is 19.5 Å². The Balaban J connectivity index is 1.68. The summed E-state index contributed by atoms with van der Waals surface area (Å²) in [5.74, 6) is 2.63. The molecule has 154 valence electrons. The standard InChI is InChI=1S/C23H33NO4/c1-6-27-18-8-7-15(11-19(18)26-5)20-17-12-16-13-23(17,9-10-28-20)21(22(16,3)4)24-14(2)25/h7-8,11,16-17,20-21H,6,9-10,12-13H2,1-5H3,(H,24,25)/t16-,17-,20-,21-,23-/m1/s1. The second kappa shape index (κ2) is 6.94. The number of fused-ring (bicyclic) bond motifs is 1. The van der Waals surface area contributed by atoms with E-state index in [1.54, 1.807) is 14.0 Å². The fourth-order valence-electron chi connectivity index (χ4n) is 6.46. The van der Waals surface area contributed by atoms with Gasteiger partial charge in [-0.1, -0.05) is 19.9 Å². The summed E-state index contributed by atoms with van der Waals surface area (Å²) in [5, 5.41) is 3.33. The summed E-state index contributed by atoms with van der Waals surface area (Å²) in [5.41, 5.74) is 1.39. The lowest BCUT2D eigenvalue weighted by atomic mass is 9.59. The molecule has 1 amide bonds. The SMILES string of the molecule is CCOc1ccc([C@H]2OCC[C@@]34C[C@@H](C[C@H]23)C(C)(C)[C@H]4NC(C)=O)cc1OC. The maximum atomic E-state index is 12.0. The zero-order chi connectivity index (χ0) is 20.1. The molecule has 1 aromatic carbocycles. The number of rotatable bonds is 5. The largest absolute Gasteiger partial charge is 0.493 e. The molecule has 1 spiro atoms. The molecule has 2 aliphatic carbocycles. The Labute approximate surface area is 168 Å². The smallest absolute Gasteiger partial charge is 0.217 e. The number of carbonyl (C=O) groups is 1. The van der Waals surface area contributed by atoms with Crippen molar-refractivity contribution in [1.82, 2.24) is 5.32 Å². The van der Waals surface area contributed by atoms with Crippen LogP contribution in [0.15, 0.2) is 18.2 Å². The first kappa shape index (κ1) is 19.6. The molecule has 4 rings (SSSR count). The number of hydrogen-bond acceptors (Lipinski definition) is 4. The van der Waals surface area contributed by atoms with Crippen LogP contribution in [0.1, 0.15) is 58.6 Å². The number of benzene rings is 1. The molecule has 1 saturated heterocycles. The minimum Gasteiger partial charge on any atom is -0.493 e. The van der Waals surface area contributed by atoms with Crippen molar-refractivity contribution < 1.29 is 19.0 Å². The van der Waals surface area contributed by atoms with E-state index in [2.05, 4.69) is 31.3 Å². The fraction of sp³-hybridized carbons (Fsp3) is 0.696. The van der Waals surface area contributed by atoms with Gasteiger partial charge in [0.25, 0.3) is 0 Å². The minimum absolute atomic E-state index is 0.0377. The Morgan fingerprint density at radius 3 is 2.79 bits per heavy atom. The Kier molecular flexibility index (Phi) is 4.85. The van der Waals surface area contributed by atoms with Crippen molar-refractivity contribution >= 4 is 5.91 Å². The summed E-state index contributed by atoms with van der Waals surface area (Å²) < 4.78 is 17.6. The molecule has 0 unspecified atom stereocenters. The molecule has 1 aromatic rings. The number of hydrogen-bond donors (Lipinski definition) is 1. The van der Waals surface area contributed by atoms with E-state index in [9.17, 15) is 4.79 Å². The van der Waals surface area contributed by atoms with Crippen molar-refractivity contribution in [3.05, 3.63) is 23.8 Å². The number of ether oxygens (including phenoxy) is 3. The van der Waals surface area contributed by atoms with Crippen LogP contribution < -0.4 is 14.8 Å². The lowest BCUT2D eigenvalue weighted by molar-refractivity contribution is -0.136. The lowest BCUT2D eigenvalue weighted by Gasteiger charge is -2.53. The summed E-state index contributed by atoms with van der Waals surface area (Å²) in [4.78, 5) is 12.0. The van der Waals surface area contributed by atoms with Crippen molar-refractivity contribution in [3.63, 3.8) is 0 Å². The third kappa shape index (κ3) is 2.81. The molecular weight excluding hydrogens is 354 g/mol. The van der Waals surface area contributed by atoms with E-state index < -0.39 is 0 Å². The predicted octanol–water partition coefficient (Wildman–Crippen LogP) is 4.11. The fourth-order valence-corrected chi connectivity index (χ4v) is 6.46. The Hall–Kier alpha value is -1.75. The van der Waals surface area contributed by atoms with Crippen molar-refractivity contribution in [2.24, 2.45) is 22.7 Å². The highest BCUT2D eigenvalue weighted by Crippen LogP contribution is 2.70. The first-order chi connectivity index (χ1) is 13.3. The summed E-state index contributed by atoms with van der Waals surface area (Å²) >= 11 is 0. The minimum atomic E-state index is 0.0377. The number of carbonyl (C=O) groups excluding carboxylic acids is 1. The lowest BCUT2D eigenvalue weighted by Crippen LogP contribution is -2.58. The molecule has 1 heterocycles. The van der Waals surface area contributed by atoms with Crippen molar-refractivity contribution in [2.75, 3.05) is 20.3 Å². The molecule has 2 saturated carbocycles. The third-order valence-corrected chi connectivity index (χ3v) is 7.67. The molecule has 5 heteroatoms. The molecule has 1 N–H and O–H groups in total. The molecule has 5 nitrogen and oxygen atoms in total. The molecule has 2 bridgehead atoms. The van der Waals surface area contributed by atoms with Gasteiger partial charge in [0.15, 0.2) is 11.5 Å². The van der Waals surface area contributed by atoms with Gasteiger partial charge in [-0.25, -0.2) is 0 Å². The van der Waals surface area contributed by atoms with Gasteiger partial charge in [0, 0.05) is 19.6 Å². The highest BCUT2D eigenvalue weighted by Gasteiger charge is 2.68. The zero-order valence-electron chi connectivity index (χ0n) is 17.7. The molecule has 3 aliphatic rings. The summed E-state index contributed by atoms with van der Waals surface area (Å²) in [6, 6.07) is 6.38. The number of methoxy groups -OCH3 is 1. The molecular formula is C23H33NO4. The van der Waals surface area contributed by atoms with Crippen LogP contribution in [0.25, 0.3) is 0 Å². The van der Waals surface area contributed by atoms with Gasteiger partial charge in [0.2, 0.25) is 5.91 Å². The average Bonchev–Trinajstić information content (AvgIpc) is 3.15. The molecule has 3 fully saturated rings. The van der Waals surface area contributed by atoms with Crippen LogP contribution in [0.3, 0.4) is 0 Å². The Bertz CT molecular complexity index is 761. The highest BCUT2D eigenvalue weighted by molar-refractivity contribution is 5.73. The van der Waals surface area contributed by atoms with Gasteiger partial charge in [-0.2, -0.15) is 0 Å². The molecule has 5 atom stereocenters. The van der Waals surface area contributed by atoms with Crippen molar-refractivity contribution in [1.29, 1.82) is 0 Å². The van der Waals surface area contributed by atoms with Gasteiger partial charge in [-0.3, -0.25) is 4.79 Å². The summed E-state index contributed by atoms with van der Waals surface area (Å²) in [6.45, 7) is 9.61. The Morgan fingerprint density at radius 2 is 2.11 bits per heavy atom. The van der Waals surface area contributed by atoms with Crippen molar-refractivity contribution in [3.8, 4) is 11.5 Å². The highest BCUT2D eigenvalue weighted by atomic mass is 16.5. The van der Waals surface area contributed by atoms with E-state index in [1.165, 1.54) is 6.42 Å². The van der Waals surface area contributed by atoms with Crippen LogP contribution in [0.5, 0.6) is 11.5 Å². The van der Waals surface area contributed by atoms with Crippen LogP contribution in [0, 0.1) is 22.7 Å². The quantitative estimate of drug-likeness (QED) is 0.826. The second-order valence-corrected chi connectivity index (χ2v) is 9.32. The predicted molar refractivity (Wildman–Crippen MR) is 108 cm³/mol. The third-order valence-electron chi connectivity index (χ3n) is 7.67. The molecule has 0 aromatic heterocycles. The maximum Gasteiger partial charge on any atom is 0.217 e. The number of amides is 1. The van der Waals surface area contributed by atoms with Crippen LogP contribution in [-0.4, -0.2) is 32.3 Å². The second-order valence-electron chi connectivity index (χ2n) is 9.32. The van der Waals surface area contributed by atoms with Crippen LogP contribution in [0.4, 0.5) is 0 Å². The molecule has 1 aliphatic heterocycles. The van der Waals surface area contributed by atoms with E-state index in [0.29, 0.717) is 18.4 Å². The average molecular weight is 388 g/mol. The van der Waals surface area contributed by atoms with E-state index in [4.69, 9.17) is 14.2 Å². The Morgan fingerprint density at radius 1 is 1.32 bits per heavy atom. The van der Waals surface area contributed by atoms with Crippen LogP contribution >= 0.6 is 0 Å². The van der Waals surface area contributed by atoms with E-state index in [1.807, 2.05) is 13.0 Å². The molecule has 28 heavy (non-hydrogen) atoms. The van der Waals surface area contributed by atoms with Gasteiger partial charge in [0.05, 0.1) is 19.8 Å². The number of nitrogens with one attached hydrogen (secondary N) is 1. The molecule has 0 radical (unpaired) electrons. The monoisotopic (exact) mass is 387 g/mol. The zero-order valence-corrected chi connectivity index (χ0v) is 17.7. The first-order valence-electron chi connectivity index (χ1n) is 10.5. The van der Waals surface area contributed by atoms with Crippen molar-refractivity contribution in [2.45, 2.75) is 59.1 Å². The van der Waals surface area contributed by atoms with E-state index in [-0.39, 0.29) is 28.9 Å². The van der Waals surface area contributed by atoms with Gasteiger partial charge in [-0.05, 0) is 66.5 Å². The van der Waals surface area contributed by atoms with Crippen LogP contribution in [-0.2, 0) is 9.53 Å². The topological polar surface area (TPSA) is 56.8 Å². The maximum absolute atomic E-state index is 12.0. The normalized spacial score (nSPS) is 35.3. The van der Waals surface area contributed by atoms with Gasteiger partial charge >= 0.3 is 0 Å². The summed E-state index contributed by atoms with van der Waals surface area (Å²) in [6.07, 6.45) is 3.40.